The summed E-state index contributed by atoms with van der Waals surface area (Å²) in [6, 6.07) is 5.25. The lowest BCUT2D eigenvalue weighted by Gasteiger charge is -2.17. The Bertz CT molecular complexity index is 397. The van der Waals surface area contributed by atoms with Crippen molar-refractivity contribution < 1.29 is 14.7 Å². The second kappa shape index (κ2) is 7.23. The summed E-state index contributed by atoms with van der Waals surface area (Å²) in [5.41, 5.74) is 5.09. The largest absolute Gasteiger partial charge is 0.480 e. The SMILES string of the molecule is CCN(CC(=O)O)CC(=O)NNc1ccccn1. The van der Waals surface area contributed by atoms with Gasteiger partial charge in [0.1, 0.15) is 5.82 Å². The lowest BCUT2D eigenvalue weighted by Crippen LogP contribution is -2.41. The van der Waals surface area contributed by atoms with Crippen LogP contribution in [-0.2, 0) is 9.59 Å². The van der Waals surface area contributed by atoms with E-state index in [1.807, 2.05) is 0 Å². The molecule has 0 saturated heterocycles. The molecule has 7 nitrogen and oxygen atoms in total. The number of hydrazine groups is 1. The van der Waals surface area contributed by atoms with Crippen LogP contribution in [0.5, 0.6) is 0 Å². The first-order valence-electron chi connectivity index (χ1n) is 5.52. The molecule has 98 valence electrons. The number of carboxylic acids is 1. The van der Waals surface area contributed by atoms with Crippen LogP contribution in [0, 0.1) is 0 Å². The molecule has 0 saturated carbocycles. The molecule has 0 radical (unpaired) electrons. The molecular weight excluding hydrogens is 236 g/mol. The summed E-state index contributed by atoms with van der Waals surface area (Å²) in [4.78, 5) is 27.5. The second-order valence-corrected chi connectivity index (χ2v) is 3.59. The van der Waals surface area contributed by atoms with Crippen molar-refractivity contribution in [1.29, 1.82) is 0 Å². The van der Waals surface area contributed by atoms with Crippen LogP contribution < -0.4 is 10.9 Å². The van der Waals surface area contributed by atoms with Crippen molar-refractivity contribution in [2.75, 3.05) is 25.1 Å². The number of aromatic nitrogens is 1. The summed E-state index contributed by atoms with van der Waals surface area (Å²) in [5.74, 6) is -0.752. The third-order valence-electron chi connectivity index (χ3n) is 2.17. The maximum absolute atomic E-state index is 11.5. The molecule has 18 heavy (non-hydrogen) atoms. The first kappa shape index (κ1) is 13.9. The van der Waals surface area contributed by atoms with Gasteiger partial charge in [-0.1, -0.05) is 13.0 Å². The molecule has 1 aromatic rings. The van der Waals surface area contributed by atoms with Gasteiger partial charge in [-0.25, -0.2) is 4.98 Å². The number of hydrogen-bond acceptors (Lipinski definition) is 5. The molecule has 7 heteroatoms. The van der Waals surface area contributed by atoms with Crippen LogP contribution in [0.1, 0.15) is 6.92 Å². The molecule has 3 N–H and O–H groups in total. The number of amides is 1. The fourth-order valence-electron chi connectivity index (χ4n) is 1.28. The molecule has 0 bridgehead atoms. The predicted molar refractivity (Wildman–Crippen MR) is 65.8 cm³/mol. The van der Waals surface area contributed by atoms with E-state index in [2.05, 4.69) is 15.8 Å². The van der Waals surface area contributed by atoms with Crippen molar-refractivity contribution in [2.45, 2.75) is 6.92 Å². The molecule has 0 spiro atoms. The number of carbonyl (C=O) groups is 2. The number of carboxylic acid groups (broad SMARTS) is 1. The maximum Gasteiger partial charge on any atom is 0.317 e. The van der Waals surface area contributed by atoms with E-state index in [0.29, 0.717) is 12.4 Å². The molecule has 1 heterocycles. The summed E-state index contributed by atoms with van der Waals surface area (Å²) >= 11 is 0. The van der Waals surface area contributed by atoms with Crippen molar-refractivity contribution in [3.63, 3.8) is 0 Å². The van der Waals surface area contributed by atoms with Gasteiger partial charge in [0.2, 0.25) is 0 Å². The number of nitrogens with one attached hydrogen (secondary N) is 2. The van der Waals surface area contributed by atoms with Crippen molar-refractivity contribution >= 4 is 17.7 Å². The zero-order valence-corrected chi connectivity index (χ0v) is 10.1. The number of nitrogens with zero attached hydrogens (tertiary/aromatic N) is 2. The van der Waals surface area contributed by atoms with Gasteiger partial charge in [-0.15, -0.1) is 0 Å². The molecule has 1 aromatic heterocycles. The fraction of sp³-hybridized carbons (Fsp3) is 0.364. The van der Waals surface area contributed by atoms with Gasteiger partial charge >= 0.3 is 5.97 Å². The summed E-state index contributed by atoms with van der Waals surface area (Å²) in [6.07, 6.45) is 1.59. The Morgan fingerprint density at radius 3 is 2.72 bits per heavy atom. The molecule has 0 aliphatic rings. The van der Waals surface area contributed by atoms with E-state index in [9.17, 15) is 9.59 Å². The minimum Gasteiger partial charge on any atom is -0.480 e. The van der Waals surface area contributed by atoms with Crippen LogP contribution in [0.15, 0.2) is 24.4 Å². The van der Waals surface area contributed by atoms with Gasteiger partial charge in [0.15, 0.2) is 0 Å². The Morgan fingerprint density at radius 2 is 2.17 bits per heavy atom. The highest BCUT2D eigenvalue weighted by molar-refractivity contribution is 5.80. The molecular formula is C11H16N4O3. The van der Waals surface area contributed by atoms with E-state index >= 15 is 0 Å². The molecule has 0 atom stereocenters. The zero-order chi connectivity index (χ0) is 13.4. The smallest absolute Gasteiger partial charge is 0.317 e. The summed E-state index contributed by atoms with van der Waals surface area (Å²) < 4.78 is 0. The van der Waals surface area contributed by atoms with E-state index in [1.54, 1.807) is 31.3 Å². The number of anilines is 1. The highest BCUT2D eigenvalue weighted by Gasteiger charge is 2.11. The third-order valence-corrected chi connectivity index (χ3v) is 2.17. The van der Waals surface area contributed by atoms with Gasteiger partial charge in [-0.3, -0.25) is 25.3 Å². The highest BCUT2D eigenvalue weighted by atomic mass is 16.4. The summed E-state index contributed by atoms with van der Waals surface area (Å²) in [5, 5.41) is 8.64. The molecule has 1 amide bonds. The molecule has 0 aliphatic heterocycles. The standard InChI is InChI=1S/C11H16N4O3/c1-2-15(8-11(17)18)7-10(16)14-13-9-5-3-4-6-12-9/h3-6H,2,7-8H2,1H3,(H,12,13)(H,14,16)(H,17,18). The Balaban J connectivity index is 2.34. The molecule has 0 aliphatic carbocycles. The number of likely N-dealkylation sites (N-methyl/N-ethyl adjacent to an activating group) is 1. The van der Waals surface area contributed by atoms with Gasteiger partial charge in [0.25, 0.3) is 5.91 Å². The quantitative estimate of drug-likeness (QED) is 0.588. The lowest BCUT2D eigenvalue weighted by molar-refractivity contribution is -0.138. The Labute approximate surface area is 105 Å². The minimum atomic E-state index is -0.956. The Morgan fingerprint density at radius 1 is 1.39 bits per heavy atom. The van der Waals surface area contributed by atoms with Crippen molar-refractivity contribution in [2.24, 2.45) is 0 Å². The van der Waals surface area contributed by atoms with E-state index in [0.717, 1.165) is 0 Å². The second-order valence-electron chi connectivity index (χ2n) is 3.59. The van der Waals surface area contributed by atoms with Crippen LogP contribution in [0.4, 0.5) is 5.82 Å². The lowest BCUT2D eigenvalue weighted by atomic mass is 10.4. The average Bonchev–Trinajstić information content (AvgIpc) is 2.36. The fourth-order valence-corrected chi connectivity index (χ4v) is 1.28. The van der Waals surface area contributed by atoms with Crippen LogP contribution in [-0.4, -0.2) is 46.5 Å². The van der Waals surface area contributed by atoms with Gasteiger partial charge in [-0.05, 0) is 18.7 Å². The van der Waals surface area contributed by atoms with E-state index in [1.165, 1.54) is 4.90 Å². The number of aliphatic carboxylic acids is 1. The van der Waals surface area contributed by atoms with Crippen molar-refractivity contribution in [1.82, 2.24) is 15.3 Å². The number of pyridine rings is 1. The van der Waals surface area contributed by atoms with Crippen LogP contribution >= 0.6 is 0 Å². The minimum absolute atomic E-state index is 0.0165. The normalized spacial score (nSPS) is 10.1. The maximum atomic E-state index is 11.5. The van der Waals surface area contributed by atoms with E-state index < -0.39 is 5.97 Å². The van der Waals surface area contributed by atoms with Gasteiger partial charge < -0.3 is 5.11 Å². The first-order valence-corrected chi connectivity index (χ1v) is 5.52. The summed E-state index contributed by atoms with van der Waals surface area (Å²) in [6.45, 7) is 2.14. The average molecular weight is 252 g/mol. The Kier molecular flexibility index (Phi) is 5.59. The van der Waals surface area contributed by atoms with Crippen molar-refractivity contribution in [3.05, 3.63) is 24.4 Å². The summed E-state index contributed by atoms with van der Waals surface area (Å²) in [7, 11) is 0. The van der Waals surface area contributed by atoms with E-state index in [4.69, 9.17) is 5.11 Å². The first-order chi connectivity index (χ1) is 8.61. The van der Waals surface area contributed by atoms with Crippen molar-refractivity contribution in [3.8, 4) is 0 Å². The van der Waals surface area contributed by atoms with Gasteiger partial charge in [-0.2, -0.15) is 0 Å². The van der Waals surface area contributed by atoms with Crippen LogP contribution in [0.2, 0.25) is 0 Å². The zero-order valence-electron chi connectivity index (χ0n) is 10.1. The number of hydrogen-bond donors (Lipinski definition) is 3. The number of carbonyl (C=O) groups excluding carboxylic acids is 1. The topological polar surface area (TPSA) is 94.6 Å². The Hall–Kier alpha value is -2.15. The van der Waals surface area contributed by atoms with Gasteiger partial charge in [0.05, 0.1) is 13.1 Å². The predicted octanol–water partition coefficient (Wildman–Crippen LogP) is -0.0688. The molecule has 0 fully saturated rings. The van der Waals surface area contributed by atoms with Gasteiger partial charge in [0, 0.05) is 6.20 Å². The molecule has 0 unspecified atom stereocenters. The van der Waals surface area contributed by atoms with Crippen LogP contribution in [0.25, 0.3) is 0 Å². The molecule has 1 rings (SSSR count). The number of rotatable bonds is 7. The monoisotopic (exact) mass is 252 g/mol. The van der Waals surface area contributed by atoms with E-state index in [-0.39, 0.29) is 19.0 Å². The highest BCUT2D eigenvalue weighted by Crippen LogP contribution is 1.96. The van der Waals surface area contributed by atoms with Crippen LogP contribution in [0.3, 0.4) is 0 Å². The third kappa shape index (κ3) is 5.26. The molecule has 0 aromatic carbocycles.